The third kappa shape index (κ3) is 4.00. The number of nitrogens with one attached hydrogen (secondary N) is 1. The minimum atomic E-state index is -4.57. The summed E-state index contributed by atoms with van der Waals surface area (Å²) in [6.45, 7) is 2.64. The number of carbonyl (C=O) groups is 1. The van der Waals surface area contributed by atoms with Crippen molar-refractivity contribution in [2.45, 2.75) is 45.0 Å². The van der Waals surface area contributed by atoms with Crippen molar-refractivity contribution in [2.75, 3.05) is 6.54 Å². The van der Waals surface area contributed by atoms with Gasteiger partial charge in [0.05, 0.1) is 6.54 Å². The van der Waals surface area contributed by atoms with Crippen molar-refractivity contribution in [3.8, 4) is 5.75 Å². The lowest BCUT2D eigenvalue weighted by molar-refractivity contribution is -0.141. The molecule has 26 heavy (non-hydrogen) atoms. The second-order valence-corrected chi connectivity index (χ2v) is 6.34. The number of hydrogen-bond acceptors (Lipinski definition) is 3. The lowest BCUT2D eigenvalue weighted by atomic mass is 10.1. The van der Waals surface area contributed by atoms with Gasteiger partial charge in [0.25, 0.3) is 5.91 Å². The van der Waals surface area contributed by atoms with E-state index in [1.54, 1.807) is 0 Å². The Morgan fingerprint density at radius 3 is 2.85 bits per heavy atom. The molecule has 1 amide bonds. The zero-order valence-electron chi connectivity index (χ0n) is 14.3. The maximum atomic E-state index is 12.8. The molecule has 3 rings (SSSR count). The van der Waals surface area contributed by atoms with Gasteiger partial charge in [0.1, 0.15) is 17.5 Å². The summed E-state index contributed by atoms with van der Waals surface area (Å²) >= 11 is 0. The summed E-state index contributed by atoms with van der Waals surface area (Å²) in [4.78, 5) is 14.2. The fourth-order valence-corrected chi connectivity index (χ4v) is 2.96. The number of para-hydroxylation sites is 1. The normalized spacial score (nSPS) is 17.4. The van der Waals surface area contributed by atoms with Crippen molar-refractivity contribution in [1.82, 2.24) is 15.1 Å². The third-order valence-electron chi connectivity index (χ3n) is 4.32. The molecule has 2 aromatic rings. The van der Waals surface area contributed by atoms with Gasteiger partial charge in [-0.15, -0.1) is 0 Å². The van der Waals surface area contributed by atoms with Gasteiger partial charge in [0.15, 0.2) is 5.69 Å². The molecular weight excluding hydrogens is 347 g/mol. The van der Waals surface area contributed by atoms with Crippen LogP contribution in [-0.2, 0) is 12.7 Å². The number of amides is 1. The molecular formula is C18H20F3N3O2. The number of aromatic amines is 1. The Hall–Kier alpha value is -2.51. The van der Waals surface area contributed by atoms with Crippen molar-refractivity contribution in [3.63, 3.8) is 0 Å². The Kier molecular flexibility index (Phi) is 5.20. The zero-order chi connectivity index (χ0) is 18.7. The largest absolute Gasteiger partial charge is 0.488 e. The molecule has 5 nitrogen and oxygen atoms in total. The standard InChI is InChI=1S/C18H20F3N3O2/c1-2-3-7-13-11-24(10-12-6-4-5-8-15(12)26-13)17(25)14-9-16(23-22-14)18(19,20)21/h4-6,8-9,13H,2-3,7,10-11H2,1H3,(H,22,23)/t13-/m0/s1. The van der Waals surface area contributed by atoms with Crippen LogP contribution in [-0.4, -0.2) is 33.7 Å². The van der Waals surface area contributed by atoms with Gasteiger partial charge in [-0.25, -0.2) is 0 Å². The minimum absolute atomic E-state index is 0.205. The number of ether oxygens (including phenoxy) is 1. The molecule has 1 N–H and O–H groups in total. The summed E-state index contributed by atoms with van der Waals surface area (Å²) in [7, 11) is 0. The van der Waals surface area contributed by atoms with Gasteiger partial charge in [-0.05, 0) is 18.9 Å². The van der Waals surface area contributed by atoms with Crippen LogP contribution in [0, 0.1) is 0 Å². The summed E-state index contributed by atoms with van der Waals surface area (Å²) in [6, 6.07) is 8.15. The van der Waals surface area contributed by atoms with Crippen LogP contribution in [0.3, 0.4) is 0 Å². The van der Waals surface area contributed by atoms with E-state index in [2.05, 4.69) is 12.0 Å². The molecule has 1 aliphatic heterocycles. The first-order chi connectivity index (χ1) is 12.4. The fourth-order valence-electron chi connectivity index (χ4n) is 2.96. The monoisotopic (exact) mass is 367 g/mol. The van der Waals surface area contributed by atoms with E-state index in [0.29, 0.717) is 12.3 Å². The maximum absolute atomic E-state index is 12.8. The molecule has 140 valence electrons. The molecule has 0 unspecified atom stereocenters. The maximum Gasteiger partial charge on any atom is 0.432 e. The molecule has 0 radical (unpaired) electrons. The SMILES string of the molecule is CCCC[C@H]1CN(C(=O)c2cc(C(F)(F)F)[nH]n2)Cc2ccccc2O1. The van der Waals surface area contributed by atoms with Crippen molar-refractivity contribution >= 4 is 5.91 Å². The number of unbranched alkanes of at least 4 members (excludes halogenated alkanes) is 1. The predicted molar refractivity (Wildman–Crippen MR) is 88.7 cm³/mol. The van der Waals surface area contributed by atoms with E-state index in [4.69, 9.17) is 4.74 Å². The van der Waals surface area contributed by atoms with E-state index in [1.807, 2.05) is 29.4 Å². The number of benzene rings is 1. The second kappa shape index (κ2) is 7.39. The smallest absolute Gasteiger partial charge is 0.432 e. The quantitative estimate of drug-likeness (QED) is 0.888. The first-order valence-electron chi connectivity index (χ1n) is 8.55. The molecule has 1 aromatic carbocycles. The van der Waals surface area contributed by atoms with Crippen molar-refractivity contribution in [3.05, 3.63) is 47.3 Å². The average Bonchev–Trinajstić information content (AvgIpc) is 3.02. The van der Waals surface area contributed by atoms with E-state index < -0.39 is 17.8 Å². The van der Waals surface area contributed by atoms with Crippen molar-refractivity contribution in [2.24, 2.45) is 0 Å². The molecule has 0 saturated carbocycles. The van der Waals surface area contributed by atoms with Crippen LogP contribution in [0.15, 0.2) is 30.3 Å². The number of halogens is 3. The molecule has 2 heterocycles. The van der Waals surface area contributed by atoms with E-state index in [-0.39, 0.29) is 18.3 Å². The minimum Gasteiger partial charge on any atom is -0.488 e. The first-order valence-corrected chi connectivity index (χ1v) is 8.55. The van der Waals surface area contributed by atoms with Gasteiger partial charge in [-0.3, -0.25) is 9.89 Å². The number of aromatic nitrogens is 2. The Morgan fingerprint density at radius 2 is 2.15 bits per heavy atom. The van der Waals surface area contributed by atoms with Gasteiger partial charge < -0.3 is 9.64 Å². The summed E-state index contributed by atoms with van der Waals surface area (Å²) in [5.74, 6) is 0.167. The highest BCUT2D eigenvalue weighted by molar-refractivity contribution is 5.92. The second-order valence-electron chi connectivity index (χ2n) is 6.34. The van der Waals surface area contributed by atoms with Crippen LogP contribution in [0.4, 0.5) is 13.2 Å². The molecule has 0 bridgehead atoms. The summed E-state index contributed by atoms with van der Waals surface area (Å²) in [5.41, 5.74) is -0.452. The molecule has 0 saturated heterocycles. The molecule has 1 aromatic heterocycles. The van der Waals surface area contributed by atoms with Crippen molar-refractivity contribution in [1.29, 1.82) is 0 Å². The Morgan fingerprint density at radius 1 is 1.38 bits per heavy atom. The zero-order valence-corrected chi connectivity index (χ0v) is 14.3. The van der Waals surface area contributed by atoms with Gasteiger partial charge in [-0.1, -0.05) is 31.5 Å². The Bertz CT molecular complexity index is 773. The lowest BCUT2D eigenvalue weighted by Crippen LogP contribution is -2.37. The number of carbonyl (C=O) groups excluding carboxylic acids is 1. The van der Waals surface area contributed by atoms with Gasteiger partial charge in [0, 0.05) is 18.2 Å². The number of rotatable bonds is 4. The first kappa shape index (κ1) is 18.3. The Labute approximate surface area is 149 Å². The number of fused-ring (bicyclic) bond motifs is 1. The third-order valence-corrected chi connectivity index (χ3v) is 4.32. The number of hydrogen-bond donors (Lipinski definition) is 1. The molecule has 1 aliphatic rings. The molecule has 0 aliphatic carbocycles. The summed E-state index contributed by atoms with van der Waals surface area (Å²) < 4.78 is 44.3. The topological polar surface area (TPSA) is 58.2 Å². The van der Waals surface area contributed by atoms with Crippen LogP contribution in [0.1, 0.15) is 47.9 Å². The van der Waals surface area contributed by atoms with Crippen LogP contribution < -0.4 is 4.74 Å². The van der Waals surface area contributed by atoms with Gasteiger partial charge >= 0.3 is 6.18 Å². The average molecular weight is 367 g/mol. The van der Waals surface area contributed by atoms with Crippen LogP contribution in [0.5, 0.6) is 5.75 Å². The highest BCUT2D eigenvalue weighted by Crippen LogP contribution is 2.29. The summed E-state index contributed by atoms with van der Waals surface area (Å²) in [5, 5.41) is 5.45. The van der Waals surface area contributed by atoms with E-state index in [0.717, 1.165) is 30.9 Å². The van der Waals surface area contributed by atoms with Gasteiger partial charge in [0.2, 0.25) is 0 Å². The fraction of sp³-hybridized carbons (Fsp3) is 0.444. The highest BCUT2D eigenvalue weighted by atomic mass is 19.4. The number of alkyl halides is 3. The molecule has 0 fully saturated rings. The van der Waals surface area contributed by atoms with E-state index in [1.165, 1.54) is 4.90 Å². The highest BCUT2D eigenvalue weighted by Gasteiger charge is 2.35. The number of nitrogens with zero attached hydrogens (tertiary/aromatic N) is 2. The Balaban J connectivity index is 1.85. The van der Waals surface area contributed by atoms with Crippen LogP contribution in [0.2, 0.25) is 0 Å². The van der Waals surface area contributed by atoms with Crippen molar-refractivity contribution < 1.29 is 22.7 Å². The van der Waals surface area contributed by atoms with E-state index in [9.17, 15) is 18.0 Å². The van der Waals surface area contributed by atoms with Crippen LogP contribution >= 0.6 is 0 Å². The molecule has 0 spiro atoms. The molecule has 8 heteroatoms. The predicted octanol–water partition coefficient (Wildman–Crippen LogP) is 4.02. The number of H-pyrrole nitrogens is 1. The van der Waals surface area contributed by atoms with Crippen LogP contribution in [0.25, 0.3) is 0 Å². The van der Waals surface area contributed by atoms with E-state index >= 15 is 0 Å². The molecule has 1 atom stereocenters. The van der Waals surface area contributed by atoms with Gasteiger partial charge in [-0.2, -0.15) is 18.3 Å². The lowest BCUT2D eigenvalue weighted by Gasteiger charge is -2.23. The summed E-state index contributed by atoms with van der Waals surface area (Å²) in [6.07, 6.45) is -2.07.